The van der Waals surface area contributed by atoms with Crippen molar-refractivity contribution in [2.24, 2.45) is 5.41 Å². The number of halogens is 4. The fourth-order valence-electron chi connectivity index (χ4n) is 4.01. The third-order valence-corrected chi connectivity index (χ3v) is 5.22. The minimum absolute atomic E-state index is 0.159. The Bertz CT molecular complexity index is 661. The van der Waals surface area contributed by atoms with E-state index in [-0.39, 0.29) is 12.5 Å². The zero-order valence-corrected chi connectivity index (χ0v) is 14.2. The largest absolute Gasteiger partial charge is 0.416 e. The Morgan fingerprint density at radius 2 is 1.88 bits per heavy atom. The molecule has 2 aliphatic heterocycles. The van der Waals surface area contributed by atoms with Crippen LogP contribution in [0.5, 0.6) is 0 Å². The average Bonchev–Trinajstić information content (AvgIpc) is 3.06. The Hall–Kier alpha value is -1.63. The van der Waals surface area contributed by atoms with Crippen molar-refractivity contribution in [2.45, 2.75) is 38.9 Å². The summed E-state index contributed by atoms with van der Waals surface area (Å²) >= 11 is 0. The fraction of sp³-hybridized carbons (Fsp3) is 0.611. The molecule has 0 aliphatic carbocycles. The van der Waals surface area contributed by atoms with Gasteiger partial charge in [-0.1, -0.05) is 6.92 Å². The minimum Gasteiger partial charge on any atom is -0.342 e. The molecule has 0 saturated carbocycles. The average molecular weight is 358 g/mol. The van der Waals surface area contributed by atoms with Crippen LogP contribution in [0.1, 0.15) is 37.3 Å². The first-order valence-corrected chi connectivity index (χ1v) is 8.62. The van der Waals surface area contributed by atoms with Gasteiger partial charge in [-0.05, 0) is 49.6 Å². The van der Waals surface area contributed by atoms with Gasteiger partial charge in [-0.2, -0.15) is 13.2 Å². The van der Waals surface area contributed by atoms with Crippen LogP contribution < -0.4 is 0 Å². The maximum atomic E-state index is 13.5. The Morgan fingerprint density at radius 3 is 2.56 bits per heavy atom. The van der Waals surface area contributed by atoms with Crippen molar-refractivity contribution in [3.8, 4) is 0 Å². The van der Waals surface area contributed by atoms with Gasteiger partial charge >= 0.3 is 6.18 Å². The van der Waals surface area contributed by atoms with E-state index in [1.54, 1.807) is 0 Å². The summed E-state index contributed by atoms with van der Waals surface area (Å²) in [5.74, 6) is -0.725. The van der Waals surface area contributed by atoms with Gasteiger partial charge in [0.15, 0.2) is 0 Å². The van der Waals surface area contributed by atoms with E-state index in [4.69, 9.17) is 0 Å². The molecule has 2 heterocycles. The van der Waals surface area contributed by atoms with Gasteiger partial charge in [0, 0.05) is 26.2 Å². The van der Waals surface area contributed by atoms with E-state index in [0.717, 1.165) is 38.1 Å². The molecule has 3 rings (SSSR count). The van der Waals surface area contributed by atoms with Crippen LogP contribution in [0.3, 0.4) is 0 Å². The third kappa shape index (κ3) is 3.66. The lowest BCUT2D eigenvalue weighted by atomic mass is 9.85. The summed E-state index contributed by atoms with van der Waals surface area (Å²) in [5, 5.41) is 0. The van der Waals surface area contributed by atoms with Gasteiger partial charge < -0.3 is 4.90 Å². The molecule has 1 spiro atoms. The highest BCUT2D eigenvalue weighted by molar-refractivity contribution is 5.85. The molecule has 1 atom stereocenters. The lowest BCUT2D eigenvalue weighted by Crippen LogP contribution is -2.37. The summed E-state index contributed by atoms with van der Waals surface area (Å²) < 4.78 is 52.1. The highest BCUT2D eigenvalue weighted by Gasteiger charge is 2.50. The van der Waals surface area contributed by atoms with E-state index in [1.807, 2.05) is 16.7 Å². The number of amides is 1. The SMILES string of the molecule is CCCN1CCC2(CCN(Cc3cc(F)cc(C(F)(F)F)c3)C2)C1=O. The Labute approximate surface area is 144 Å². The van der Waals surface area contributed by atoms with E-state index in [9.17, 15) is 22.4 Å². The second-order valence-electron chi connectivity index (χ2n) is 7.13. The zero-order valence-electron chi connectivity index (χ0n) is 14.2. The van der Waals surface area contributed by atoms with E-state index in [2.05, 4.69) is 0 Å². The molecule has 2 saturated heterocycles. The number of hydrogen-bond donors (Lipinski definition) is 0. The Balaban J connectivity index is 1.70. The topological polar surface area (TPSA) is 23.6 Å². The number of rotatable bonds is 4. The van der Waals surface area contributed by atoms with Gasteiger partial charge in [0.25, 0.3) is 0 Å². The van der Waals surface area contributed by atoms with Crippen LogP contribution in [0, 0.1) is 11.2 Å². The number of benzene rings is 1. The van der Waals surface area contributed by atoms with Crippen LogP contribution in [0.15, 0.2) is 18.2 Å². The van der Waals surface area contributed by atoms with Gasteiger partial charge in [-0.15, -0.1) is 0 Å². The quantitative estimate of drug-likeness (QED) is 0.767. The number of alkyl halides is 3. The number of carbonyl (C=O) groups is 1. The molecule has 7 heteroatoms. The number of carbonyl (C=O) groups excluding carboxylic acids is 1. The van der Waals surface area contributed by atoms with Crippen LogP contribution in [0.4, 0.5) is 17.6 Å². The van der Waals surface area contributed by atoms with Crippen molar-refractivity contribution in [1.82, 2.24) is 9.80 Å². The Kier molecular flexibility index (Phi) is 4.79. The summed E-state index contributed by atoms with van der Waals surface area (Å²) in [7, 11) is 0. The monoisotopic (exact) mass is 358 g/mol. The zero-order chi connectivity index (χ0) is 18.2. The highest BCUT2D eigenvalue weighted by atomic mass is 19.4. The third-order valence-electron chi connectivity index (χ3n) is 5.22. The maximum absolute atomic E-state index is 13.5. The van der Waals surface area contributed by atoms with Crippen molar-refractivity contribution in [3.05, 3.63) is 35.1 Å². The molecule has 138 valence electrons. The molecule has 2 fully saturated rings. The molecule has 1 aromatic rings. The van der Waals surface area contributed by atoms with Crippen molar-refractivity contribution >= 4 is 5.91 Å². The van der Waals surface area contributed by atoms with Gasteiger partial charge in [0.2, 0.25) is 5.91 Å². The van der Waals surface area contributed by atoms with Crippen LogP contribution in [0.25, 0.3) is 0 Å². The fourth-order valence-corrected chi connectivity index (χ4v) is 4.01. The second kappa shape index (κ2) is 6.59. The molecule has 2 aliphatic rings. The number of likely N-dealkylation sites (tertiary alicyclic amines) is 2. The van der Waals surface area contributed by atoms with E-state index in [1.165, 1.54) is 0 Å². The normalized spacial score (nSPS) is 24.7. The lowest BCUT2D eigenvalue weighted by Gasteiger charge is -2.23. The molecule has 1 unspecified atom stereocenters. The second-order valence-corrected chi connectivity index (χ2v) is 7.13. The van der Waals surface area contributed by atoms with Crippen molar-refractivity contribution in [3.63, 3.8) is 0 Å². The van der Waals surface area contributed by atoms with Crippen LogP contribution in [-0.4, -0.2) is 41.9 Å². The molecule has 0 radical (unpaired) electrons. The molecule has 3 nitrogen and oxygen atoms in total. The van der Waals surface area contributed by atoms with Crippen molar-refractivity contribution < 1.29 is 22.4 Å². The van der Waals surface area contributed by atoms with Crippen LogP contribution in [0.2, 0.25) is 0 Å². The van der Waals surface area contributed by atoms with E-state index in [0.29, 0.717) is 31.1 Å². The number of hydrogen-bond acceptors (Lipinski definition) is 2. The first-order chi connectivity index (χ1) is 11.7. The molecule has 1 aromatic carbocycles. The van der Waals surface area contributed by atoms with Crippen molar-refractivity contribution in [2.75, 3.05) is 26.2 Å². The molecule has 0 bridgehead atoms. The van der Waals surface area contributed by atoms with Crippen LogP contribution in [-0.2, 0) is 17.5 Å². The molecule has 1 amide bonds. The number of nitrogens with zero attached hydrogens (tertiary/aromatic N) is 2. The van der Waals surface area contributed by atoms with Gasteiger partial charge in [-0.3, -0.25) is 9.69 Å². The highest BCUT2D eigenvalue weighted by Crippen LogP contribution is 2.41. The van der Waals surface area contributed by atoms with Crippen molar-refractivity contribution in [1.29, 1.82) is 0 Å². The summed E-state index contributed by atoms with van der Waals surface area (Å²) in [6.07, 6.45) is -2.15. The van der Waals surface area contributed by atoms with Crippen LogP contribution >= 0.6 is 0 Å². The predicted octanol–water partition coefficient (Wildman–Crippen LogP) is 3.68. The molecular weight excluding hydrogens is 336 g/mol. The van der Waals surface area contributed by atoms with E-state index >= 15 is 0 Å². The minimum atomic E-state index is -4.56. The summed E-state index contributed by atoms with van der Waals surface area (Å²) in [4.78, 5) is 16.5. The molecule has 0 aromatic heterocycles. The first-order valence-electron chi connectivity index (χ1n) is 8.62. The lowest BCUT2D eigenvalue weighted by molar-refractivity contribution is -0.138. The van der Waals surface area contributed by atoms with Gasteiger partial charge in [-0.25, -0.2) is 4.39 Å². The molecular formula is C18H22F4N2O. The molecule has 0 N–H and O–H groups in total. The summed E-state index contributed by atoms with van der Waals surface area (Å²) in [5.41, 5.74) is -1.09. The van der Waals surface area contributed by atoms with Gasteiger partial charge in [0.05, 0.1) is 11.0 Å². The van der Waals surface area contributed by atoms with Gasteiger partial charge in [0.1, 0.15) is 5.82 Å². The summed E-state index contributed by atoms with van der Waals surface area (Å²) in [6, 6.07) is 2.64. The smallest absolute Gasteiger partial charge is 0.342 e. The first kappa shape index (κ1) is 18.2. The molecule has 25 heavy (non-hydrogen) atoms. The Morgan fingerprint density at radius 1 is 1.16 bits per heavy atom. The maximum Gasteiger partial charge on any atom is 0.416 e. The standard InChI is InChI=1S/C18H22F4N2O/c1-2-5-24-7-4-17(16(24)25)3-6-23(12-17)11-13-8-14(18(20,21)22)10-15(19)9-13/h8-10H,2-7,11-12H2,1H3. The van der Waals surface area contributed by atoms with E-state index < -0.39 is 23.0 Å². The predicted molar refractivity (Wildman–Crippen MR) is 85.2 cm³/mol. The summed E-state index contributed by atoms with van der Waals surface area (Å²) in [6.45, 7) is 4.93.